The Morgan fingerprint density at radius 1 is 0.970 bits per heavy atom. The van der Waals surface area contributed by atoms with Crippen LogP contribution in [-0.4, -0.2) is 26.4 Å². The van der Waals surface area contributed by atoms with Crippen molar-refractivity contribution in [3.8, 4) is 5.75 Å². The van der Waals surface area contributed by atoms with Crippen molar-refractivity contribution in [2.75, 3.05) is 5.75 Å². The van der Waals surface area contributed by atoms with Gasteiger partial charge >= 0.3 is 0 Å². The number of thioether (sulfide) groups is 1. The Morgan fingerprint density at radius 2 is 1.64 bits per heavy atom. The molecule has 1 heterocycles. The smallest absolute Gasteiger partial charge is 0.230 e. The predicted molar refractivity (Wildman–Crippen MR) is 134 cm³/mol. The number of carbonyl (C=O) groups is 1. The molecule has 0 spiro atoms. The molecule has 3 aromatic rings. The molecule has 0 saturated heterocycles. The number of ether oxygens (including phenoxy) is 1. The summed E-state index contributed by atoms with van der Waals surface area (Å²) in [7, 11) is 0. The first kappa shape index (κ1) is 24.8. The molecule has 1 amide bonds. The molecule has 176 valence electrons. The summed E-state index contributed by atoms with van der Waals surface area (Å²) < 4.78 is 8.37. The zero-order chi connectivity index (χ0) is 24.0. The van der Waals surface area contributed by atoms with Crippen molar-refractivity contribution in [2.45, 2.75) is 70.8 Å². The fourth-order valence-corrected chi connectivity index (χ4v) is 4.58. The van der Waals surface area contributed by atoms with E-state index in [1.807, 2.05) is 62.4 Å². The molecule has 3 rings (SSSR count). The SMILES string of the molecule is CC(C)c1ccccc1OC(C)c1nnc(SCC(=O)NC(C)c2ccccc2)n1C(C)C. The lowest BCUT2D eigenvalue weighted by molar-refractivity contribution is -0.119. The molecule has 2 aromatic carbocycles. The normalized spacial score (nSPS) is 13.2. The number of aromatic nitrogens is 3. The molecule has 0 radical (unpaired) electrons. The van der Waals surface area contributed by atoms with Gasteiger partial charge in [0.1, 0.15) is 5.75 Å². The predicted octanol–water partition coefficient (Wildman–Crippen LogP) is 6.09. The van der Waals surface area contributed by atoms with Gasteiger partial charge in [0.05, 0.1) is 11.8 Å². The van der Waals surface area contributed by atoms with E-state index in [0.29, 0.717) is 5.92 Å². The van der Waals surface area contributed by atoms with Crippen molar-refractivity contribution >= 4 is 17.7 Å². The number of carbonyl (C=O) groups excluding carboxylic acids is 1. The van der Waals surface area contributed by atoms with E-state index < -0.39 is 0 Å². The number of nitrogens with one attached hydrogen (secondary N) is 1. The summed E-state index contributed by atoms with van der Waals surface area (Å²) in [6, 6.07) is 18.1. The van der Waals surface area contributed by atoms with E-state index in [9.17, 15) is 4.79 Å². The largest absolute Gasteiger partial charge is 0.482 e. The minimum absolute atomic E-state index is 0.0358. The Bertz CT molecular complexity index is 1050. The highest BCUT2D eigenvalue weighted by Crippen LogP contribution is 2.31. The summed E-state index contributed by atoms with van der Waals surface area (Å²) in [5.74, 6) is 2.21. The molecular formula is C26H34N4O2S. The minimum Gasteiger partial charge on any atom is -0.482 e. The lowest BCUT2D eigenvalue weighted by Crippen LogP contribution is -2.28. The molecular weight excluding hydrogens is 432 g/mol. The zero-order valence-electron chi connectivity index (χ0n) is 20.3. The number of rotatable bonds is 10. The Morgan fingerprint density at radius 3 is 2.30 bits per heavy atom. The van der Waals surface area contributed by atoms with E-state index in [1.165, 1.54) is 17.3 Å². The third kappa shape index (κ3) is 6.38. The van der Waals surface area contributed by atoms with Crippen LogP contribution in [0.4, 0.5) is 0 Å². The highest BCUT2D eigenvalue weighted by Gasteiger charge is 2.23. The van der Waals surface area contributed by atoms with Crippen LogP contribution >= 0.6 is 11.8 Å². The van der Waals surface area contributed by atoms with Gasteiger partial charge < -0.3 is 14.6 Å². The van der Waals surface area contributed by atoms with E-state index in [1.54, 1.807) is 0 Å². The number of hydrogen-bond acceptors (Lipinski definition) is 5. The molecule has 2 unspecified atom stereocenters. The van der Waals surface area contributed by atoms with E-state index in [4.69, 9.17) is 4.74 Å². The summed E-state index contributed by atoms with van der Waals surface area (Å²) in [5, 5.41) is 12.6. The van der Waals surface area contributed by atoms with Crippen LogP contribution < -0.4 is 10.1 Å². The second kappa shape index (κ2) is 11.4. The molecule has 0 fully saturated rings. The van der Waals surface area contributed by atoms with E-state index in [0.717, 1.165) is 22.3 Å². The van der Waals surface area contributed by atoms with Crippen LogP contribution in [0.3, 0.4) is 0 Å². The molecule has 6 nitrogen and oxygen atoms in total. The Kier molecular flexibility index (Phi) is 8.55. The van der Waals surface area contributed by atoms with E-state index in [2.05, 4.69) is 53.8 Å². The Hall–Kier alpha value is -2.80. The molecule has 0 aliphatic heterocycles. The molecule has 7 heteroatoms. The number of amides is 1. The molecule has 0 bridgehead atoms. The van der Waals surface area contributed by atoms with Crippen LogP contribution in [0.1, 0.15) is 82.6 Å². The zero-order valence-corrected chi connectivity index (χ0v) is 21.1. The van der Waals surface area contributed by atoms with Gasteiger partial charge in [0.25, 0.3) is 0 Å². The molecule has 1 N–H and O–H groups in total. The maximum Gasteiger partial charge on any atom is 0.230 e. The monoisotopic (exact) mass is 466 g/mol. The third-order valence-electron chi connectivity index (χ3n) is 5.43. The fraction of sp³-hybridized carbons (Fsp3) is 0.423. The summed E-state index contributed by atoms with van der Waals surface area (Å²) in [4.78, 5) is 12.6. The standard InChI is InChI=1S/C26H34N4O2S/c1-17(2)22-14-10-11-15-23(22)32-20(6)25-28-29-26(30(25)18(3)4)33-16-24(31)27-19(5)21-12-8-7-9-13-21/h7-15,17-20H,16H2,1-6H3,(H,27,31). The van der Waals surface area contributed by atoms with Crippen molar-refractivity contribution in [1.82, 2.24) is 20.1 Å². The average molecular weight is 467 g/mol. The van der Waals surface area contributed by atoms with Crippen molar-refractivity contribution < 1.29 is 9.53 Å². The minimum atomic E-state index is -0.277. The lowest BCUT2D eigenvalue weighted by atomic mass is 10.0. The van der Waals surface area contributed by atoms with Crippen LogP contribution in [0, 0.1) is 0 Å². The number of nitrogens with zero attached hydrogens (tertiary/aromatic N) is 3. The summed E-state index contributed by atoms with van der Waals surface area (Å²) in [6.45, 7) is 12.5. The number of para-hydroxylation sites is 1. The molecule has 2 atom stereocenters. The van der Waals surface area contributed by atoms with Gasteiger partial charge in [-0.3, -0.25) is 4.79 Å². The van der Waals surface area contributed by atoms with Crippen molar-refractivity contribution in [3.63, 3.8) is 0 Å². The van der Waals surface area contributed by atoms with E-state index in [-0.39, 0.29) is 29.8 Å². The van der Waals surface area contributed by atoms with E-state index >= 15 is 0 Å². The summed E-state index contributed by atoms with van der Waals surface area (Å²) >= 11 is 1.40. The first-order valence-corrected chi connectivity index (χ1v) is 12.4. The van der Waals surface area contributed by atoms with Crippen LogP contribution in [-0.2, 0) is 4.79 Å². The molecule has 0 aliphatic rings. The molecule has 33 heavy (non-hydrogen) atoms. The van der Waals surface area contributed by atoms with Gasteiger partial charge in [-0.05, 0) is 50.8 Å². The van der Waals surface area contributed by atoms with Crippen LogP contribution in [0.5, 0.6) is 5.75 Å². The van der Waals surface area contributed by atoms with Gasteiger partial charge in [-0.2, -0.15) is 0 Å². The van der Waals surface area contributed by atoms with Gasteiger partial charge in [0.15, 0.2) is 17.1 Å². The second-order valence-electron chi connectivity index (χ2n) is 8.75. The molecule has 0 saturated carbocycles. The van der Waals surface area contributed by atoms with Crippen LogP contribution in [0.25, 0.3) is 0 Å². The maximum absolute atomic E-state index is 12.6. The Balaban J connectivity index is 1.68. The second-order valence-corrected chi connectivity index (χ2v) is 9.69. The van der Waals surface area contributed by atoms with Crippen LogP contribution in [0.15, 0.2) is 59.8 Å². The number of benzene rings is 2. The first-order chi connectivity index (χ1) is 15.8. The highest BCUT2D eigenvalue weighted by molar-refractivity contribution is 7.99. The van der Waals surface area contributed by atoms with Crippen molar-refractivity contribution in [2.24, 2.45) is 0 Å². The van der Waals surface area contributed by atoms with Gasteiger partial charge in [0.2, 0.25) is 5.91 Å². The van der Waals surface area contributed by atoms with Gasteiger partial charge in [-0.1, -0.05) is 74.1 Å². The lowest BCUT2D eigenvalue weighted by Gasteiger charge is -2.21. The summed E-state index contributed by atoms with van der Waals surface area (Å²) in [6.07, 6.45) is -0.277. The van der Waals surface area contributed by atoms with Gasteiger partial charge in [0, 0.05) is 6.04 Å². The topological polar surface area (TPSA) is 69.0 Å². The van der Waals surface area contributed by atoms with Crippen LogP contribution in [0.2, 0.25) is 0 Å². The average Bonchev–Trinajstić information content (AvgIpc) is 3.23. The molecule has 0 aliphatic carbocycles. The van der Waals surface area contributed by atoms with Crippen molar-refractivity contribution in [3.05, 3.63) is 71.5 Å². The van der Waals surface area contributed by atoms with Crippen molar-refractivity contribution in [1.29, 1.82) is 0 Å². The van der Waals surface area contributed by atoms with Gasteiger partial charge in [-0.25, -0.2) is 0 Å². The fourth-order valence-electron chi connectivity index (χ4n) is 3.70. The third-order valence-corrected chi connectivity index (χ3v) is 6.37. The van der Waals surface area contributed by atoms with Gasteiger partial charge in [-0.15, -0.1) is 10.2 Å². The molecule has 1 aromatic heterocycles. The highest BCUT2D eigenvalue weighted by atomic mass is 32.2. The quantitative estimate of drug-likeness (QED) is 0.366. The summed E-state index contributed by atoms with van der Waals surface area (Å²) in [5.41, 5.74) is 2.25. The first-order valence-electron chi connectivity index (χ1n) is 11.4. The Labute approximate surface area is 201 Å². The maximum atomic E-state index is 12.6. The number of hydrogen-bond donors (Lipinski definition) is 1.